The molecule has 42 heavy (non-hydrogen) atoms. The fourth-order valence-corrected chi connectivity index (χ4v) is 6.26. The normalized spacial score (nSPS) is 16.4. The number of carbonyl (C=O) groups excluding carboxylic acids is 2. The van der Waals surface area contributed by atoms with Gasteiger partial charge in [0.1, 0.15) is 17.7 Å². The van der Waals surface area contributed by atoms with Crippen molar-refractivity contribution in [2.45, 2.75) is 88.8 Å². The van der Waals surface area contributed by atoms with Crippen LogP contribution < -0.4 is 10.6 Å². The van der Waals surface area contributed by atoms with Crippen molar-refractivity contribution in [1.29, 1.82) is 0 Å². The number of hydrogen-bond acceptors (Lipinski definition) is 6. The summed E-state index contributed by atoms with van der Waals surface area (Å²) in [4.78, 5) is 39.1. The summed E-state index contributed by atoms with van der Waals surface area (Å²) < 4.78 is 11.1. The summed E-state index contributed by atoms with van der Waals surface area (Å²) >= 11 is 0. The van der Waals surface area contributed by atoms with Crippen LogP contribution in [-0.4, -0.2) is 72.1 Å². The van der Waals surface area contributed by atoms with E-state index in [4.69, 9.17) is 9.47 Å². The smallest absolute Gasteiger partial charge is 0.407 e. The molecule has 0 aromatic heterocycles. The van der Waals surface area contributed by atoms with Gasteiger partial charge in [-0.25, -0.2) is 9.59 Å². The minimum atomic E-state index is -0.903. The van der Waals surface area contributed by atoms with Crippen LogP contribution in [0.2, 0.25) is 0 Å². The summed E-state index contributed by atoms with van der Waals surface area (Å²) in [5.74, 6) is -0.806. The Morgan fingerprint density at radius 3 is 2.14 bits per heavy atom. The first-order chi connectivity index (χ1) is 20.0. The number of nitrogens with zero attached hydrogens (tertiary/aromatic N) is 1. The number of nitrogens with one attached hydrogen (secondary N) is 2. The molecule has 1 fully saturated rings. The summed E-state index contributed by atoms with van der Waals surface area (Å²) in [6.07, 6.45) is 4.00. The Hall–Kier alpha value is -3.59. The lowest BCUT2D eigenvalue weighted by Gasteiger charge is -2.37. The van der Waals surface area contributed by atoms with Gasteiger partial charge in [0.05, 0.1) is 0 Å². The Bertz CT molecular complexity index is 1200. The molecule has 1 atom stereocenters. The highest BCUT2D eigenvalue weighted by Crippen LogP contribution is 2.44. The topological polar surface area (TPSA) is 117 Å². The van der Waals surface area contributed by atoms with Gasteiger partial charge >= 0.3 is 18.2 Å². The molecule has 2 aromatic rings. The summed E-state index contributed by atoms with van der Waals surface area (Å²) in [5, 5.41) is 15.8. The molecule has 0 saturated heterocycles. The second kappa shape index (κ2) is 13.6. The largest absolute Gasteiger partial charge is 0.480 e. The van der Waals surface area contributed by atoms with Crippen molar-refractivity contribution in [2.24, 2.45) is 0 Å². The van der Waals surface area contributed by atoms with Crippen LogP contribution in [0.25, 0.3) is 11.1 Å². The first-order valence-electron chi connectivity index (χ1n) is 15.0. The van der Waals surface area contributed by atoms with Crippen molar-refractivity contribution in [3.05, 3.63) is 59.7 Å². The molecule has 2 aliphatic rings. The molecule has 0 heterocycles. The molecule has 228 valence electrons. The van der Waals surface area contributed by atoms with Gasteiger partial charge in [0.25, 0.3) is 0 Å². The molecule has 9 nitrogen and oxygen atoms in total. The molecular weight excluding hydrogens is 534 g/mol. The van der Waals surface area contributed by atoms with Gasteiger partial charge in [-0.15, -0.1) is 0 Å². The number of ether oxygens (including phenoxy) is 2. The third kappa shape index (κ3) is 7.62. The standard InChI is InChI=1S/C33H45N3O6/c1-32(2,3)42-31(40)35-23(21-36(4)33(29(37)38)18-10-11-19-33)13-9-12-20-34-30(39)41-22-28-26-16-7-5-14-24(26)25-15-6-8-17-27(25)28/h5-8,14-17,23,28H,9-13,18-22H2,1-4H3,(H,34,39)(H,35,40)(H,37,38)/t23-/m0/s1. The zero-order valence-corrected chi connectivity index (χ0v) is 25.3. The Kier molecular flexibility index (Phi) is 10.1. The molecule has 2 amide bonds. The fraction of sp³-hybridized carbons (Fsp3) is 0.545. The fourth-order valence-electron chi connectivity index (χ4n) is 6.26. The van der Waals surface area contributed by atoms with Gasteiger partial charge in [-0.3, -0.25) is 9.69 Å². The van der Waals surface area contributed by atoms with Gasteiger partial charge in [0.2, 0.25) is 0 Å². The number of carbonyl (C=O) groups is 3. The van der Waals surface area contributed by atoms with Crippen LogP contribution in [0, 0.1) is 0 Å². The summed E-state index contributed by atoms with van der Waals surface area (Å²) in [6.45, 7) is 6.51. The van der Waals surface area contributed by atoms with E-state index in [-0.39, 0.29) is 18.6 Å². The maximum Gasteiger partial charge on any atom is 0.407 e. The number of hydrogen-bond donors (Lipinski definition) is 3. The van der Waals surface area contributed by atoms with Gasteiger partial charge < -0.3 is 25.2 Å². The average Bonchev–Trinajstić information content (AvgIpc) is 3.55. The molecule has 2 aromatic carbocycles. The molecule has 3 N–H and O–H groups in total. The second-order valence-electron chi connectivity index (χ2n) is 12.5. The maximum atomic E-state index is 12.6. The predicted molar refractivity (Wildman–Crippen MR) is 162 cm³/mol. The monoisotopic (exact) mass is 579 g/mol. The lowest BCUT2D eigenvalue weighted by atomic mass is 9.94. The highest BCUT2D eigenvalue weighted by Gasteiger charge is 2.45. The number of alkyl carbamates (subject to hydrolysis) is 2. The molecular formula is C33H45N3O6. The Balaban J connectivity index is 1.25. The summed E-state index contributed by atoms with van der Waals surface area (Å²) in [6, 6.07) is 16.2. The van der Waals surface area contributed by atoms with Crippen molar-refractivity contribution in [3.8, 4) is 11.1 Å². The van der Waals surface area contributed by atoms with E-state index in [9.17, 15) is 19.5 Å². The van der Waals surface area contributed by atoms with Crippen LogP contribution in [0.5, 0.6) is 0 Å². The third-order valence-corrected chi connectivity index (χ3v) is 8.37. The van der Waals surface area contributed by atoms with Gasteiger partial charge in [-0.05, 0) is 82.2 Å². The molecule has 4 rings (SSSR count). The van der Waals surface area contributed by atoms with Gasteiger partial charge in [0.15, 0.2) is 0 Å². The van der Waals surface area contributed by atoms with Crippen LogP contribution in [0.3, 0.4) is 0 Å². The number of fused-ring (bicyclic) bond motifs is 3. The highest BCUT2D eigenvalue weighted by atomic mass is 16.6. The SMILES string of the molecule is CN(C[C@H](CCCCNC(=O)OCC1c2ccccc2-c2ccccc21)NC(=O)OC(C)(C)C)C1(C(=O)O)CCCC1. The highest BCUT2D eigenvalue weighted by molar-refractivity contribution is 5.80. The first-order valence-corrected chi connectivity index (χ1v) is 15.0. The third-order valence-electron chi connectivity index (χ3n) is 8.37. The Labute approximate surface area is 249 Å². The lowest BCUT2D eigenvalue weighted by molar-refractivity contribution is -0.150. The number of unbranched alkanes of at least 4 members (excludes halogenated alkanes) is 1. The first kappa shape index (κ1) is 31.3. The van der Waals surface area contributed by atoms with Gasteiger partial charge in [-0.1, -0.05) is 61.4 Å². The quantitative estimate of drug-likeness (QED) is 0.267. The van der Waals surface area contributed by atoms with Crippen molar-refractivity contribution in [1.82, 2.24) is 15.5 Å². The molecule has 0 unspecified atom stereocenters. The van der Waals surface area contributed by atoms with Gasteiger partial charge in [0, 0.05) is 25.0 Å². The van der Waals surface area contributed by atoms with E-state index in [1.165, 1.54) is 22.3 Å². The average molecular weight is 580 g/mol. The molecule has 0 aliphatic heterocycles. The minimum absolute atomic E-state index is 0.00814. The van der Waals surface area contributed by atoms with E-state index in [0.29, 0.717) is 38.8 Å². The van der Waals surface area contributed by atoms with Crippen molar-refractivity contribution in [3.63, 3.8) is 0 Å². The number of carboxylic acids is 1. The zero-order chi connectivity index (χ0) is 30.3. The second-order valence-corrected chi connectivity index (χ2v) is 12.5. The van der Waals surface area contributed by atoms with Crippen LogP contribution >= 0.6 is 0 Å². The predicted octanol–water partition coefficient (Wildman–Crippen LogP) is 5.92. The van der Waals surface area contributed by atoms with E-state index in [1.807, 2.05) is 36.2 Å². The molecule has 0 radical (unpaired) electrons. The lowest BCUT2D eigenvalue weighted by Crippen LogP contribution is -2.55. The molecule has 1 saturated carbocycles. The van der Waals surface area contributed by atoms with E-state index in [0.717, 1.165) is 19.3 Å². The number of likely N-dealkylation sites (N-methyl/N-ethyl adjacent to an activating group) is 1. The van der Waals surface area contributed by atoms with E-state index in [2.05, 4.69) is 34.9 Å². The van der Waals surface area contributed by atoms with Crippen LogP contribution in [0.15, 0.2) is 48.5 Å². The van der Waals surface area contributed by atoms with Gasteiger partial charge in [-0.2, -0.15) is 0 Å². The Morgan fingerprint density at radius 1 is 0.976 bits per heavy atom. The van der Waals surface area contributed by atoms with Crippen molar-refractivity contribution >= 4 is 18.2 Å². The van der Waals surface area contributed by atoms with E-state index in [1.54, 1.807) is 20.8 Å². The summed E-state index contributed by atoms with van der Waals surface area (Å²) in [5.41, 5.74) is 3.17. The number of rotatable bonds is 12. The number of amides is 2. The van der Waals surface area contributed by atoms with E-state index >= 15 is 0 Å². The summed E-state index contributed by atoms with van der Waals surface area (Å²) in [7, 11) is 1.82. The van der Waals surface area contributed by atoms with Crippen molar-refractivity contribution in [2.75, 3.05) is 26.7 Å². The molecule has 0 spiro atoms. The van der Waals surface area contributed by atoms with Crippen molar-refractivity contribution < 1.29 is 29.0 Å². The van der Waals surface area contributed by atoms with E-state index < -0.39 is 29.3 Å². The van der Waals surface area contributed by atoms with Crippen LogP contribution in [-0.2, 0) is 14.3 Å². The number of aliphatic carboxylic acids is 1. The molecule has 2 aliphatic carbocycles. The Morgan fingerprint density at radius 2 is 1.57 bits per heavy atom. The zero-order valence-electron chi connectivity index (χ0n) is 25.3. The molecule has 0 bridgehead atoms. The number of carboxylic acid groups (broad SMARTS) is 1. The molecule has 9 heteroatoms. The van der Waals surface area contributed by atoms with Crippen LogP contribution in [0.4, 0.5) is 9.59 Å². The van der Waals surface area contributed by atoms with Crippen LogP contribution in [0.1, 0.15) is 82.8 Å². The number of benzene rings is 2. The minimum Gasteiger partial charge on any atom is -0.480 e. The maximum absolute atomic E-state index is 12.6.